The van der Waals surface area contributed by atoms with Gasteiger partial charge in [-0.25, -0.2) is 0 Å². The average Bonchev–Trinajstić information content (AvgIpc) is 2.99. The van der Waals surface area contributed by atoms with Gasteiger partial charge in [-0.2, -0.15) is 0 Å². The first-order valence-electron chi connectivity index (χ1n) is 15.1. The summed E-state index contributed by atoms with van der Waals surface area (Å²) in [4.78, 5) is 24.2. The molecule has 3 rings (SSSR count). The van der Waals surface area contributed by atoms with Gasteiger partial charge in [0.2, 0.25) is 11.8 Å². The Morgan fingerprint density at radius 2 is 1.27 bits per heavy atom. The van der Waals surface area contributed by atoms with Crippen LogP contribution in [0.15, 0.2) is 0 Å². The van der Waals surface area contributed by atoms with Crippen LogP contribution in [0.1, 0.15) is 40.0 Å². The molecule has 15 atom stereocenters. The minimum Gasteiger partial charge on any atom is -0.394 e. The van der Waals surface area contributed by atoms with Crippen LogP contribution in [0, 0.1) is 0 Å². The van der Waals surface area contributed by atoms with E-state index in [1.807, 2.05) is 0 Å². The Morgan fingerprint density at radius 3 is 1.87 bits per heavy atom. The quantitative estimate of drug-likeness (QED) is 0.0783. The molecule has 11 N–H and O–H groups in total. The highest BCUT2D eigenvalue weighted by Gasteiger charge is 2.54. The van der Waals surface area contributed by atoms with Gasteiger partial charge in [0.15, 0.2) is 18.9 Å². The molecule has 262 valence electrons. The number of hydrogen-bond donors (Lipinski definition) is 10. The van der Waals surface area contributed by atoms with Gasteiger partial charge < -0.3 is 80.5 Å². The number of nitrogens with two attached hydrogens (primary N) is 1. The number of carbonyl (C=O) groups is 2. The Labute approximate surface area is 260 Å². The Morgan fingerprint density at radius 1 is 0.689 bits per heavy atom. The number of hydrogen-bond acceptors (Lipinski definition) is 16. The lowest BCUT2D eigenvalue weighted by atomic mass is 9.94. The largest absolute Gasteiger partial charge is 0.394 e. The van der Waals surface area contributed by atoms with Crippen LogP contribution in [0.25, 0.3) is 0 Å². The SMILES string of the molecule is CC(=O)NC1C(O[C@@H]2[C@H](O)[C@@H](O)[C@@H](OCCCCCN)O[C@@H]2CO)OC(CO)C(O)C1O[C@H]1OC(C)C(O)C(O)C1NC(C)=O. The minimum atomic E-state index is -1.69. The van der Waals surface area contributed by atoms with Crippen LogP contribution in [0.2, 0.25) is 0 Å². The van der Waals surface area contributed by atoms with Crippen molar-refractivity contribution in [2.24, 2.45) is 5.73 Å². The second-order valence-corrected chi connectivity index (χ2v) is 11.5. The van der Waals surface area contributed by atoms with E-state index in [4.69, 9.17) is 34.2 Å². The second kappa shape index (κ2) is 17.5. The third-order valence-electron chi connectivity index (χ3n) is 7.97. The zero-order valence-corrected chi connectivity index (χ0v) is 25.6. The van der Waals surface area contributed by atoms with Crippen molar-refractivity contribution in [1.82, 2.24) is 10.6 Å². The van der Waals surface area contributed by atoms with Gasteiger partial charge in [0.25, 0.3) is 0 Å². The maximum atomic E-state index is 12.3. The van der Waals surface area contributed by atoms with Crippen LogP contribution in [-0.4, -0.2) is 166 Å². The molecule has 0 aromatic carbocycles. The topological polar surface area (TPSA) is 281 Å². The van der Waals surface area contributed by atoms with Crippen molar-refractivity contribution in [2.75, 3.05) is 26.4 Å². The van der Waals surface area contributed by atoms with Crippen molar-refractivity contribution in [1.29, 1.82) is 0 Å². The highest BCUT2D eigenvalue weighted by Crippen LogP contribution is 2.33. The van der Waals surface area contributed by atoms with Gasteiger partial charge in [0.1, 0.15) is 67.0 Å². The molecule has 45 heavy (non-hydrogen) atoms. The molecule has 0 bridgehead atoms. The summed E-state index contributed by atoms with van der Waals surface area (Å²) in [6.45, 7) is 3.04. The molecule has 0 radical (unpaired) electrons. The summed E-state index contributed by atoms with van der Waals surface area (Å²) >= 11 is 0. The summed E-state index contributed by atoms with van der Waals surface area (Å²) in [7, 11) is 0. The van der Waals surface area contributed by atoms with Gasteiger partial charge in [-0.3, -0.25) is 9.59 Å². The van der Waals surface area contributed by atoms with Crippen molar-refractivity contribution in [3.05, 3.63) is 0 Å². The summed E-state index contributed by atoms with van der Waals surface area (Å²) in [5.41, 5.74) is 5.49. The van der Waals surface area contributed by atoms with Gasteiger partial charge in [-0.1, -0.05) is 0 Å². The van der Waals surface area contributed by atoms with Crippen LogP contribution in [0.4, 0.5) is 0 Å². The first kappa shape index (κ1) is 37.8. The normalized spacial score (nSPS) is 42.2. The average molecular weight is 656 g/mol. The fourth-order valence-corrected chi connectivity index (χ4v) is 5.56. The number of rotatable bonds is 14. The molecule has 3 aliphatic rings. The molecule has 0 aromatic heterocycles. The summed E-state index contributed by atoms with van der Waals surface area (Å²) in [5.74, 6) is -1.22. The van der Waals surface area contributed by atoms with Crippen molar-refractivity contribution in [3.8, 4) is 0 Å². The van der Waals surface area contributed by atoms with E-state index < -0.39 is 117 Å². The molecule has 18 nitrogen and oxygen atoms in total. The maximum Gasteiger partial charge on any atom is 0.217 e. The van der Waals surface area contributed by atoms with Crippen LogP contribution in [0.5, 0.6) is 0 Å². The summed E-state index contributed by atoms with van der Waals surface area (Å²) in [6, 6.07) is -2.70. The first-order valence-corrected chi connectivity index (χ1v) is 15.1. The molecule has 18 heteroatoms. The molecule has 0 aliphatic carbocycles. The van der Waals surface area contributed by atoms with Crippen LogP contribution in [0.3, 0.4) is 0 Å². The number of carbonyl (C=O) groups excluding carboxylic acids is 2. The first-order chi connectivity index (χ1) is 21.3. The van der Waals surface area contributed by atoms with Gasteiger partial charge >= 0.3 is 0 Å². The summed E-state index contributed by atoms with van der Waals surface area (Å²) < 4.78 is 34.7. The van der Waals surface area contributed by atoms with Crippen molar-refractivity contribution in [3.63, 3.8) is 0 Å². The Bertz CT molecular complexity index is 934. The zero-order valence-electron chi connectivity index (χ0n) is 25.6. The van der Waals surface area contributed by atoms with Crippen molar-refractivity contribution >= 4 is 11.8 Å². The molecule has 3 heterocycles. The molecule has 3 saturated heterocycles. The van der Waals surface area contributed by atoms with E-state index in [1.165, 1.54) is 13.8 Å². The van der Waals surface area contributed by atoms with Gasteiger partial charge in [0, 0.05) is 20.5 Å². The van der Waals surface area contributed by atoms with E-state index in [-0.39, 0.29) is 6.61 Å². The zero-order chi connectivity index (χ0) is 33.4. The minimum absolute atomic E-state index is 0.191. The second-order valence-electron chi connectivity index (χ2n) is 11.5. The molecule has 2 amide bonds. The number of ether oxygens (including phenoxy) is 6. The highest BCUT2D eigenvalue weighted by molar-refractivity contribution is 5.73. The maximum absolute atomic E-state index is 12.3. The molecule has 3 fully saturated rings. The van der Waals surface area contributed by atoms with E-state index in [1.54, 1.807) is 0 Å². The van der Waals surface area contributed by atoms with Crippen LogP contribution >= 0.6 is 0 Å². The van der Waals surface area contributed by atoms with E-state index in [2.05, 4.69) is 10.6 Å². The molecular weight excluding hydrogens is 606 g/mol. The lowest BCUT2D eigenvalue weighted by Crippen LogP contribution is -2.70. The Hall–Kier alpha value is -1.62. The third kappa shape index (κ3) is 9.48. The lowest BCUT2D eigenvalue weighted by Gasteiger charge is -2.49. The Kier molecular flexibility index (Phi) is 14.7. The lowest BCUT2D eigenvalue weighted by molar-refractivity contribution is -0.359. The Balaban J connectivity index is 1.85. The number of aliphatic hydroxyl groups excluding tert-OH is 7. The molecule has 0 saturated carbocycles. The number of aliphatic hydroxyl groups is 7. The molecular formula is C27H49N3O15. The smallest absolute Gasteiger partial charge is 0.217 e. The predicted octanol–water partition coefficient (Wildman–Crippen LogP) is -5.10. The van der Waals surface area contributed by atoms with Crippen molar-refractivity contribution in [2.45, 2.75) is 132 Å². The van der Waals surface area contributed by atoms with E-state index in [0.29, 0.717) is 13.0 Å². The monoisotopic (exact) mass is 655 g/mol. The van der Waals surface area contributed by atoms with Gasteiger partial charge in [0.05, 0.1) is 19.3 Å². The van der Waals surface area contributed by atoms with Crippen LogP contribution < -0.4 is 16.4 Å². The standard InChI is InChI=1S/C27H49N3O15/c1-11-18(35)20(37)16(29-12(2)33)25(41-11)45-24-17(30-13(3)34)26(42-14(9-31)19(24)36)44-23-15(10-32)43-27(22(39)21(23)38)40-8-6-4-5-7-28/h11,14-27,31-32,35-39H,4-10,28H2,1-3H3,(H,29,33)(H,30,34)/t11?,14?,15-,16?,17?,18?,19?,20?,21-,22-,23+,24?,25-,26?,27+/m1/s1. The predicted molar refractivity (Wildman–Crippen MR) is 150 cm³/mol. The number of amides is 2. The number of nitrogens with one attached hydrogen (secondary N) is 2. The van der Waals surface area contributed by atoms with Gasteiger partial charge in [-0.15, -0.1) is 0 Å². The van der Waals surface area contributed by atoms with E-state index >= 15 is 0 Å². The highest BCUT2D eigenvalue weighted by atomic mass is 16.7. The number of unbranched alkanes of at least 4 members (excludes halogenated alkanes) is 2. The van der Waals surface area contributed by atoms with Gasteiger partial charge in [-0.05, 0) is 32.7 Å². The van der Waals surface area contributed by atoms with Crippen molar-refractivity contribution < 1.29 is 73.8 Å². The molecule has 3 aliphatic heterocycles. The molecule has 0 spiro atoms. The third-order valence-corrected chi connectivity index (χ3v) is 7.97. The van der Waals surface area contributed by atoms with E-state index in [0.717, 1.165) is 19.8 Å². The summed E-state index contributed by atoms with van der Waals surface area (Å²) in [5, 5.41) is 79.0. The summed E-state index contributed by atoms with van der Waals surface area (Å²) in [6.07, 6.45) is -16.7. The molecule has 9 unspecified atom stereocenters. The van der Waals surface area contributed by atoms with Crippen LogP contribution in [-0.2, 0) is 38.0 Å². The fourth-order valence-electron chi connectivity index (χ4n) is 5.56. The molecule has 0 aromatic rings. The fraction of sp³-hybridized carbons (Fsp3) is 0.926. The van der Waals surface area contributed by atoms with E-state index in [9.17, 15) is 45.3 Å².